The molecule has 24 nitrogen and oxygen atoms in total. The quantitative estimate of drug-likeness (QED) is 0.0929. The maximum absolute atomic E-state index is 13.0. The van der Waals surface area contributed by atoms with Gasteiger partial charge in [-0.2, -0.15) is 4.31 Å². The monoisotopic (exact) mass is 1600 g/mol. The Morgan fingerprint density at radius 2 is 0.804 bits per heavy atom. The molecule has 3 aromatic carbocycles. The summed E-state index contributed by atoms with van der Waals surface area (Å²) >= 11 is 19.7. The zero-order valence-corrected chi connectivity index (χ0v) is 67.7. The number of aromatic nitrogens is 9. The molecule has 2 amide bonds. The number of carbonyl (C=O) groups excluding carboxylic acids is 2. The molecule has 0 radical (unpaired) electrons. The molecule has 3 saturated heterocycles. The van der Waals surface area contributed by atoms with Gasteiger partial charge in [0.15, 0.2) is 0 Å². The SMILES string of the molecule is COC(C1=Cc2cccnc2[C@@H](N2CCN(C(=O)OC(C)C)CC2)c2ccc(Cl)cc21)c1cncn1C.COC(C1=Cc2cccnc2[C@@H](N2CCN(C(=O)OC3CCCCC3)CC2)c2ccc(Cl)cc21)c1cncn1C.COC(C1=Cc2cccnc2[C@@H](N2CCN(S(C)(=O)=O)CC2)c2ccc(Cl)cc21)c1cncn1C. The van der Waals surface area contributed by atoms with Crippen molar-refractivity contribution >= 4 is 92.0 Å². The van der Waals surface area contributed by atoms with Crippen LogP contribution in [0, 0.1) is 0 Å². The molecule has 0 spiro atoms. The number of benzene rings is 3. The topological polar surface area (TPSA) is 226 Å². The third kappa shape index (κ3) is 17.1. The largest absolute Gasteiger partial charge is 0.447 e. The van der Waals surface area contributed by atoms with Gasteiger partial charge in [-0.3, -0.25) is 29.7 Å². The van der Waals surface area contributed by atoms with Gasteiger partial charge in [-0.1, -0.05) is 77.6 Å². The first kappa shape index (κ1) is 79.7. The minimum atomic E-state index is -3.23. The smallest absolute Gasteiger partial charge is 0.410 e. The fourth-order valence-electron chi connectivity index (χ4n) is 16.7. The molecule has 588 valence electrons. The number of halogens is 3. The Morgan fingerprint density at radius 3 is 1.12 bits per heavy atom. The Kier molecular flexibility index (Phi) is 25.0. The van der Waals surface area contributed by atoms with Gasteiger partial charge in [0.25, 0.3) is 0 Å². The van der Waals surface area contributed by atoms with Gasteiger partial charge in [-0.25, -0.2) is 33.0 Å². The first-order valence-corrected chi connectivity index (χ1v) is 41.1. The summed E-state index contributed by atoms with van der Waals surface area (Å²) in [5.41, 5.74) is 18.1. The highest BCUT2D eigenvalue weighted by atomic mass is 35.5. The lowest BCUT2D eigenvalue weighted by molar-refractivity contribution is 0.0292. The van der Waals surface area contributed by atoms with Gasteiger partial charge in [0, 0.05) is 155 Å². The first-order chi connectivity index (χ1) is 54.2. The van der Waals surface area contributed by atoms with E-state index in [0.29, 0.717) is 93.6 Å². The number of hydrogen-bond acceptors (Lipinski definition) is 18. The van der Waals surface area contributed by atoms with Gasteiger partial charge >= 0.3 is 12.2 Å². The lowest BCUT2D eigenvalue weighted by Gasteiger charge is -2.40. The number of carbonyl (C=O) groups is 2. The maximum atomic E-state index is 13.0. The Bertz CT molecular complexity index is 5070. The van der Waals surface area contributed by atoms with Crippen LogP contribution >= 0.6 is 34.8 Å². The Balaban J connectivity index is 0.000000140. The van der Waals surface area contributed by atoms with Crippen LogP contribution < -0.4 is 0 Å². The number of imidazole rings is 3. The number of amides is 2. The van der Waals surface area contributed by atoms with Crippen LogP contribution in [0.15, 0.2) is 147 Å². The molecule has 9 heterocycles. The number of aryl methyl sites for hydroxylation is 3. The van der Waals surface area contributed by atoms with E-state index < -0.39 is 10.0 Å². The molecule has 3 aliphatic heterocycles. The van der Waals surface area contributed by atoms with Gasteiger partial charge in [0.05, 0.1) is 102 Å². The first-order valence-electron chi connectivity index (χ1n) is 38.1. The molecular formula is C84H96Cl3N15O9S. The van der Waals surface area contributed by atoms with E-state index in [1.807, 2.05) is 145 Å². The third-order valence-electron chi connectivity index (χ3n) is 22.2. The number of rotatable bonds is 15. The van der Waals surface area contributed by atoms with Crippen molar-refractivity contribution in [1.29, 1.82) is 0 Å². The van der Waals surface area contributed by atoms with Gasteiger partial charge in [-0.15, -0.1) is 0 Å². The van der Waals surface area contributed by atoms with Crippen LogP contribution in [-0.4, -0.2) is 211 Å². The fraction of sp³-hybridized carbons (Fsp3) is 0.405. The molecule has 4 aliphatic carbocycles. The Labute approximate surface area is 670 Å². The van der Waals surface area contributed by atoms with E-state index >= 15 is 0 Å². The number of ether oxygens (including phenoxy) is 5. The average Bonchev–Trinajstić information content (AvgIpc) is 1.60. The number of pyridine rings is 3. The van der Waals surface area contributed by atoms with Crippen LogP contribution in [0.1, 0.15) is 167 Å². The minimum absolute atomic E-state index is 0.0616. The number of sulfonamides is 1. The molecular weight excluding hydrogens is 1500 g/mol. The summed E-state index contributed by atoms with van der Waals surface area (Å²) in [5.74, 6) is 0. The summed E-state index contributed by atoms with van der Waals surface area (Å²) in [6.07, 6.45) is 28.0. The zero-order chi connectivity index (χ0) is 78.5. The fourth-order valence-corrected chi connectivity index (χ4v) is 18.0. The van der Waals surface area contributed by atoms with Crippen LogP contribution in [0.25, 0.3) is 34.9 Å². The highest BCUT2D eigenvalue weighted by Crippen LogP contribution is 2.49. The van der Waals surface area contributed by atoms with E-state index in [-0.39, 0.29) is 60.8 Å². The lowest BCUT2D eigenvalue weighted by Crippen LogP contribution is -2.50. The predicted molar refractivity (Wildman–Crippen MR) is 434 cm³/mol. The normalized spacial score (nSPS) is 19.8. The lowest BCUT2D eigenvalue weighted by atomic mass is 9.91. The van der Waals surface area contributed by atoms with Gasteiger partial charge in [0.1, 0.15) is 24.4 Å². The molecule has 6 atom stereocenters. The molecule has 0 bridgehead atoms. The second-order valence-corrected chi connectivity index (χ2v) is 32.9. The molecule has 7 aliphatic rings. The second-order valence-electron chi connectivity index (χ2n) is 29.6. The number of hydrogen-bond donors (Lipinski definition) is 0. The highest BCUT2D eigenvalue weighted by Gasteiger charge is 2.41. The Morgan fingerprint density at radius 1 is 0.464 bits per heavy atom. The van der Waals surface area contributed by atoms with E-state index in [4.69, 9.17) is 73.4 Å². The summed E-state index contributed by atoms with van der Waals surface area (Å²) in [7, 11) is 7.79. The molecule has 28 heteroatoms. The standard InChI is InChI=1S/C31H36ClN5O3.C28H32ClN5O3.C25H28ClN5O3S/c1-35-20-33-19-27(35)30(39-2)26-17-21-7-6-12-34-28(21)29(24-11-10-22(32)18-25(24)26)36-13-15-37(16-14-36)31(38)40-23-8-4-3-5-9-23;1-18(2)37-28(35)34-12-10-33(11-13-34)26-21-8-7-20(29)15-22(21)23(14-19-6-5-9-31-25(19)26)27(36-4)24-16-30-17-32(24)3;1-29-16-27-15-22(29)25(34-2)21-13-17-5-4-8-28-23(17)24(19-7-6-18(26)14-20(19)21)30-9-11-31(12-10-30)35(3,32)33/h6-7,10-12,17-20,23,29-30H,3-5,8-9,13-16H2,1-2H3;5-9,14-18,26-27H,10-13H2,1-4H3;4-8,13-16,24-25H,9-12H2,1-3H3/t29-,30?;26-,27?;24-,25?/m000/s1. The van der Waals surface area contributed by atoms with Crippen molar-refractivity contribution in [2.75, 3.05) is 106 Å². The van der Waals surface area contributed by atoms with Crippen molar-refractivity contribution in [3.05, 3.63) is 246 Å². The van der Waals surface area contributed by atoms with E-state index in [0.717, 1.165) is 127 Å². The summed E-state index contributed by atoms with van der Waals surface area (Å²) < 4.78 is 61.2. The summed E-state index contributed by atoms with van der Waals surface area (Å²) in [6.45, 7) is 11.0. The number of fused-ring (bicyclic) bond motifs is 6. The summed E-state index contributed by atoms with van der Waals surface area (Å²) in [5, 5.41) is 1.95. The molecule has 3 unspecified atom stereocenters. The molecule has 112 heavy (non-hydrogen) atoms. The van der Waals surface area contributed by atoms with Crippen molar-refractivity contribution in [2.45, 2.75) is 94.6 Å². The van der Waals surface area contributed by atoms with Crippen LogP contribution in [0.4, 0.5) is 9.59 Å². The van der Waals surface area contributed by atoms with E-state index in [1.54, 1.807) is 45.2 Å². The third-order valence-corrected chi connectivity index (χ3v) is 24.3. The zero-order valence-electron chi connectivity index (χ0n) is 64.7. The van der Waals surface area contributed by atoms with Crippen molar-refractivity contribution in [1.82, 2.24) is 72.4 Å². The molecule has 4 fully saturated rings. The molecule has 0 N–H and O–H groups in total. The highest BCUT2D eigenvalue weighted by molar-refractivity contribution is 7.88. The van der Waals surface area contributed by atoms with Crippen molar-refractivity contribution in [3.8, 4) is 0 Å². The van der Waals surface area contributed by atoms with Crippen molar-refractivity contribution in [3.63, 3.8) is 0 Å². The molecule has 9 aromatic rings. The number of piperazine rings is 3. The van der Waals surface area contributed by atoms with Gasteiger partial charge in [-0.05, 0) is 179 Å². The second kappa shape index (κ2) is 35.2. The predicted octanol–water partition coefficient (Wildman–Crippen LogP) is 14.2. The molecule has 16 rings (SSSR count). The van der Waals surface area contributed by atoms with Crippen LogP contribution in [0.5, 0.6) is 0 Å². The minimum Gasteiger partial charge on any atom is -0.447 e. The number of nitrogens with zero attached hydrogens (tertiary/aromatic N) is 15. The summed E-state index contributed by atoms with van der Waals surface area (Å²) in [4.78, 5) is 63.8. The van der Waals surface area contributed by atoms with Crippen molar-refractivity contribution in [2.24, 2.45) is 21.1 Å². The van der Waals surface area contributed by atoms with Crippen LogP contribution in [0.3, 0.4) is 0 Å². The maximum Gasteiger partial charge on any atom is 0.410 e. The number of methoxy groups -OCH3 is 3. The van der Waals surface area contributed by atoms with Crippen LogP contribution in [-0.2, 0) is 54.9 Å². The average molecular weight is 1600 g/mol. The van der Waals surface area contributed by atoms with Crippen molar-refractivity contribution < 1.29 is 41.7 Å². The van der Waals surface area contributed by atoms with E-state index in [1.165, 1.54) is 17.0 Å². The van der Waals surface area contributed by atoms with Gasteiger partial charge < -0.3 is 47.2 Å². The van der Waals surface area contributed by atoms with E-state index in [9.17, 15) is 18.0 Å². The molecule has 6 aromatic heterocycles. The van der Waals surface area contributed by atoms with Crippen LogP contribution in [0.2, 0.25) is 15.1 Å². The van der Waals surface area contributed by atoms with Gasteiger partial charge in [0.2, 0.25) is 10.0 Å². The van der Waals surface area contributed by atoms with E-state index in [2.05, 4.69) is 84.3 Å². The summed E-state index contributed by atoms with van der Waals surface area (Å²) in [6, 6.07) is 29.8. The Hall–Kier alpha value is -8.96. The molecule has 1 saturated carbocycles.